The second kappa shape index (κ2) is 13.9. The average Bonchev–Trinajstić information content (AvgIpc) is 3.01. The normalized spacial score (nSPS) is 20.2. The minimum Gasteiger partial charge on any atom is -0.466 e. The van der Waals surface area contributed by atoms with Crippen molar-refractivity contribution in [3.05, 3.63) is 36.5 Å². The van der Waals surface area contributed by atoms with Gasteiger partial charge in [-0.3, -0.25) is 9.59 Å². The lowest BCUT2D eigenvalue weighted by molar-refractivity contribution is -0.147. The quantitative estimate of drug-likeness (QED) is 0.197. The fraction of sp³-hybridized carbons (Fsp3) is 0.609. The molecule has 28 heavy (non-hydrogen) atoms. The first-order valence-corrected chi connectivity index (χ1v) is 10.3. The van der Waals surface area contributed by atoms with Crippen LogP contribution in [0.3, 0.4) is 0 Å². The summed E-state index contributed by atoms with van der Waals surface area (Å²) in [4.78, 5) is 34.5. The molecule has 0 aromatic carbocycles. The van der Waals surface area contributed by atoms with Crippen LogP contribution in [0, 0.1) is 11.8 Å². The molecule has 0 aliphatic heterocycles. The van der Waals surface area contributed by atoms with E-state index in [4.69, 9.17) is 4.74 Å². The van der Waals surface area contributed by atoms with Gasteiger partial charge in [-0.15, -0.1) is 0 Å². The number of hydrogen-bond donors (Lipinski definition) is 0. The van der Waals surface area contributed by atoms with E-state index in [2.05, 4.69) is 11.7 Å². The van der Waals surface area contributed by atoms with Crippen LogP contribution in [0.25, 0.3) is 0 Å². The lowest BCUT2D eigenvalue weighted by atomic mass is 9.86. The molecule has 0 N–H and O–H groups in total. The maximum Gasteiger partial charge on any atom is 0.330 e. The standard InChI is InChI=1S/C23H34O5/c1-4-5-8-11-20(28-18(2)24)16-14-19-15-17-22(25)21(19)12-9-6-7-10-13-23(26)27-3/h6-7,10,13,15,17,19-21H,4-5,8-9,11-12,14,16H2,1-3H3/t19-,20+,21+/m0/s1. The van der Waals surface area contributed by atoms with Crippen LogP contribution < -0.4 is 0 Å². The average molecular weight is 391 g/mol. The molecular formula is C23H34O5. The number of hydrogen-bond acceptors (Lipinski definition) is 5. The van der Waals surface area contributed by atoms with Crippen molar-refractivity contribution in [3.63, 3.8) is 0 Å². The van der Waals surface area contributed by atoms with E-state index in [0.717, 1.165) is 51.4 Å². The molecule has 156 valence electrons. The second-order valence-electron chi connectivity index (χ2n) is 7.22. The minimum absolute atomic E-state index is 0.0112. The predicted octanol–water partition coefficient (Wildman–Crippen LogP) is 4.72. The topological polar surface area (TPSA) is 69.7 Å². The SMILES string of the molecule is CCCCC[C@H](CC[C@H]1C=CC(=O)[C@@H]1CCC=CC=CC(=O)OC)OC(C)=O. The highest BCUT2D eigenvalue weighted by Crippen LogP contribution is 2.31. The summed E-state index contributed by atoms with van der Waals surface area (Å²) in [6.07, 6.45) is 17.8. The molecule has 1 aliphatic carbocycles. The van der Waals surface area contributed by atoms with Crippen molar-refractivity contribution >= 4 is 17.7 Å². The zero-order chi connectivity index (χ0) is 20.8. The van der Waals surface area contributed by atoms with Crippen molar-refractivity contribution < 1.29 is 23.9 Å². The zero-order valence-corrected chi connectivity index (χ0v) is 17.4. The Morgan fingerprint density at radius 2 is 1.96 bits per heavy atom. The molecule has 0 fully saturated rings. The molecule has 0 aromatic rings. The Balaban J connectivity index is 2.47. The molecule has 0 spiro atoms. The monoisotopic (exact) mass is 390 g/mol. The molecule has 0 aromatic heterocycles. The summed E-state index contributed by atoms with van der Waals surface area (Å²) in [6.45, 7) is 3.61. The van der Waals surface area contributed by atoms with Gasteiger partial charge in [-0.1, -0.05) is 44.1 Å². The van der Waals surface area contributed by atoms with Crippen molar-refractivity contribution in [3.8, 4) is 0 Å². The van der Waals surface area contributed by atoms with Gasteiger partial charge < -0.3 is 9.47 Å². The zero-order valence-electron chi connectivity index (χ0n) is 17.4. The Labute approximate surface area is 168 Å². The summed E-state index contributed by atoms with van der Waals surface area (Å²) < 4.78 is 9.99. The summed E-state index contributed by atoms with van der Waals surface area (Å²) in [5.74, 6) is -0.250. The molecule has 0 bridgehead atoms. The van der Waals surface area contributed by atoms with Gasteiger partial charge in [0.25, 0.3) is 0 Å². The Bertz CT molecular complexity index is 588. The van der Waals surface area contributed by atoms with Crippen LogP contribution in [-0.4, -0.2) is 30.9 Å². The van der Waals surface area contributed by atoms with E-state index < -0.39 is 0 Å². The van der Waals surface area contributed by atoms with Gasteiger partial charge in [-0.05, 0) is 50.5 Å². The third kappa shape index (κ3) is 9.67. The Morgan fingerprint density at radius 1 is 1.18 bits per heavy atom. The number of esters is 2. The highest BCUT2D eigenvalue weighted by Gasteiger charge is 2.29. The van der Waals surface area contributed by atoms with Crippen LogP contribution in [0.1, 0.15) is 65.2 Å². The minimum atomic E-state index is -0.388. The Hall–Kier alpha value is -2.17. The number of rotatable bonds is 13. The fourth-order valence-corrected chi connectivity index (χ4v) is 3.49. The molecule has 1 aliphatic rings. The Kier molecular flexibility index (Phi) is 11.9. The van der Waals surface area contributed by atoms with Crippen molar-refractivity contribution in [2.45, 2.75) is 71.3 Å². The molecule has 0 radical (unpaired) electrons. The van der Waals surface area contributed by atoms with E-state index in [9.17, 15) is 14.4 Å². The summed E-state index contributed by atoms with van der Waals surface area (Å²) >= 11 is 0. The third-order valence-electron chi connectivity index (χ3n) is 5.00. The van der Waals surface area contributed by atoms with E-state index in [-0.39, 0.29) is 35.7 Å². The summed E-state index contributed by atoms with van der Waals surface area (Å²) in [7, 11) is 1.34. The van der Waals surface area contributed by atoms with Gasteiger partial charge >= 0.3 is 11.9 Å². The van der Waals surface area contributed by atoms with Crippen molar-refractivity contribution in [1.29, 1.82) is 0 Å². The molecule has 5 nitrogen and oxygen atoms in total. The van der Waals surface area contributed by atoms with Crippen LogP contribution in [0.4, 0.5) is 0 Å². The first-order valence-electron chi connectivity index (χ1n) is 10.3. The van der Waals surface area contributed by atoms with Gasteiger partial charge in [0.1, 0.15) is 6.10 Å². The van der Waals surface area contributed by atoms with E-state index >= 15 is 0 Å². The van der Waals surface area contributed by atoms with Gasteiger partial charge in [0.05, 0.1) is 7.11 Å². The summed E-state index contributed by atoms with van der Waals surface area (Å²) in [5, 5.41) is 0. The number of ketones is 1. The number of carbonyl (C=O) groups is 3. The van der Waals surface area contributed by atoms with E-state index in [0.29, 0.717) is 0 Å². The van der Waals surface area contributed by atoms with Gasteiger partial charge in [0.15, 0.2) is 5.78 Å². The third-order valence-corrected chi connectivity index (χ3v) is 5.00. The lowest BCUT2D eigenvalue weighted by Gasteiger charge is -2.21. The first-order chi connectivity index (χ1) is 13.5. The highest BCUT2D eigenvalue weighted by molar-refractivity contribution is 5.94. The Morgan fingerprint density at radius 3 is 2.64 bits per heavy atom. The molecule has 3 atom stereocenters. The van der Waals surface area contributed by atoms with Gasteiger partial charge in [-0.2, -0.15) is 0 Å². The number of methoxy groups -OCH3 is 1. The lowest BCUT2D eigenvalue weighted by Crippen LogP contribution is -2.21. The van der Waals surface area contributed by atoms with Gasteiger partial charge in [0.2, 0.25) is 0 Å². The summed E-state index contributed by atoms with van der Waals surface area (Å²) in [5.41, 5.74) is 0. The number of carbonyl (C=O) groups excluding carboxylic acids is 3. The van der Waals surface area contributed by atoms with E-state index in [1.54, 1.807) is 18.2 Å². The molecule has 0 saturated carbocycles. The molecule has 5 heteroatoms. The van der Waals surface area contributed by atoms with Crippen molar-refractivity contribution in [1.82, 2.24) is 0 Å². The number of ether oxygens (including phenoxy) is 2. The van der Waals surface area contributed by atoms with E-state index in [1.807, 2.05) is 12.2 Å². The maximum atomic E-state index is 12.2. The molecule has 0 amide bonds. The van der Waals surface area contributed by atoms with Crippen LogP contribution in [0.2, 0.25) is 0 Å². The van der Waals surface area contributed by atoms with Crippen LogP contribution in [-0.2, 0) is 23.9 Å². The smallest absolute Gasteiger partial charge is 0.330 e. The first kappa shape index (κ1) is 23.9. The maximum absolute atomic E-state index is 12.2. The molecule has 0 unspecified atom stereocenters. The van der Waals surface area contributed by atoms with E-state index in [1.165, 1.54) is 20.1 Å². The second-order valence-corrected chi connectivity index (χ2v) is 7.22. The van der Waals surface area contributed by atoms with Crippen molar-refractivity contribution in [2.24, 2.45) is 11.8 Å². The number of allylic oxidation sites excluding steroid dienone is 5. The molecular weight excluding hydrogens is 356 g/mol. The predicted molar refractivity (Wildman–Crippen MR) is 110 cm³/mol. The molecule has 0 heterocycles. The molecule has 0 saturated heterocycles. The number of unbranched alkanes of at least 4 members (excludes halogenated alkanes) is 2. The summed E-state index contributed by atoms with van der Waals surface area (Å²) in [6, 6.07) is 0. The van der Waals surface area contributed by atoms with Crippen LogP contribution in [0.5, 0.6) is 0 Å². The van der Waals surface area contributed by atoms with Gasteiger partial charge in [0, 0.05) is 18.9 Å². The highest BCUT2D eigenvalue weighted by atomic mass is 16.5. The van der Waals surface area contributed by atoms with Gasteiger partial charge in [-0.25, -0.2) is 4.79 Å². The van der Waals surface area contributed by atoms with Crippen LogP contribution in [0.15, 0.2) is 36.5 Å². The fourth-order valence-electron chi connectivity index (χ4n) is 3.49. The molecule has 1 rings (SSSR count). The van der Waals surface area contributed by atoms with Crippen LogP contribution >= 0.6 is 0 Å². The largest absolute Gasteiger partial charge is 0.466 e. The van der Waals surface area contributed by atoms with Crippen molar-refractivity contribution in [2.75, 3.05) is 7.11 Å².